The first-order valence-electron chi connectivity index (χ1n) is 5.19. The van der Waals surface area contributed by atoms with Crippen LogP contribution in [-0.2, 0) is 9.47 Å². The number of ether oxygens (including phenoxy) is 2. The highest BCUT2D eigenvalue weighted by atomic mass is 16.7. The van der Waals surface area contributed by atoms with E-state index in [0.717, 1.165) is 0 Å². The van der Waals surface area contributed by atoms with Crippen molar-refractivity contribution < 1.29 is 24.8 Å². The molecule has 0 aromatic rings. The van der Waals surface area contributed by atoms with Gasteiger partial charge < -0.3 is 24.8 Å². The summed E-state index contributed by atoms with van der Waals surface area (Å²) in [6.07, 6.45) is -4.22. The Balaban J connectivity index is 2.65. The zero-order valence-corrected chi connectivity index (χ0v) is 9.33. The van der Waals surface area contributed by atoms with Crippen LogP contribution in [0.25, 0.3) is 0 Å². The van der Waals surface area contributed by atoms with Gasteiger partial charge in [0.2, 0.25) is 0 Å². The smallest absolute Gasteiger partial charge is 0.186 e. The van der Waals surface area contributed by atoms with Gasteiger partial charge in [-0.2, -0.15) is 0 Å². The molecule has 5 nitrogen and oxygen atoms in total. The number of methoxy groups -OCH3 is 1. The zero-order valence-electron chi connectivity index (χ0n) is 9.33. The maximum atomic E-state index is 9.68. The Hall–Kier alpha value is -0.200. The van der Waals surface area contributed by atoms with Crippen molar-refractivity contribution in [3.05, 3.63) is 0 Å². The SMILES string of the molecule is COC1OC(CC(C)C)C(O)C(O)C1O. The standard InChI is InChI=1S/C10H20O5/c1-5(2)4-6-7(11)8(12)9(13)10(14-3)15-6/h5-13H,4H2,1-3H3. The molecule has 0 amide bonds. The first-order valence-corrected chi connectivity index (χ1v) is 5.19. The average Bonchev–Trinajstić information content (AvgIpc) is 2.18. The minimum atomic E-state index is -1.22. The van der Waals surface area contributed by atoms with Crippen LogP contribution in [0.15, 0.2) is 0 Å². The molecule has 0 spiro atoms. The highest BCUT2D eigenvalue weighted by molar-refractivity contribution is 4.89. The molecule has 1 fully saturated rings. The van der Waals surface area contributed by atoms with Crippen molar-refractivity contribution in [3.63, 3.8) is 0 Å². The van der Waals surface area contributed by atoms with E-state index < -0.39 is 30.7 Å². The minimum Gasteiger partial charge on any atom is -0.388 e. The summed E-state index contributed by atoms with van der Waals surface area (Å²) >= 11 is 0. The lowest BCUT2D eigenvalue weighted by Gasteiger charge is -2.40. The summed E-state index contributed by atoms with van der Waals surface area (Å²) in [4.78, 5) is 0. The molecule has 3 N–H and O–H groups in total. The third kappa shape index (κ3) is 2.89. The molecule has 1 heterocycles. The molecule has 0 aliphatic carbocycles. The van der Waals surface area contributed by atoms with Gasteiger partial charge in [0.15, 0.2) is 6.29 Å². The number of hydrogen-bond acceptors (Lipinski definition) is 5. The van der Waals surface area contributed by atoms with Crippen molar-refractivity contribution in [2.45, 2.75) is 51.0 Å². The molecule has 0 saturated carbocycles. The molecular weight excluding hydrogens is 200 g/mol. The summed E-state index contributed by atoms with van der Waals surface area (Å²) in [5.41, 5.74) is 0. The number of aliphatic hydroxyl groups is 3. The molecule has 0 aromatic heterocycles. The van der Waals surface area contributed by atoms with Crippen molar-refractivity contribution in [2.75, 3.05) is 7.11 Å². The molecular formula is C10H20O5. The minimum absolute atomic E-state index is 0.338. The van der Waals surface area contributed by atoms with Crippen LogP contribution >= 0.6 is 0 Å². The largest absolute Gasteiger partial charge is 0.388 e. The maximum Gasteiger partial charge on any atom is 0.186 e. The second-order valence-electron chi connectivity index (χ2n) is 4.38. The second-order valence-corrected chi connectivity index (χ2v) is 4.38. The van der Waals surface area contributed by atoms with Crippen LogP contribution < -0.4 is 0 Å². The van der Waals surface area contributed by atoms with E-state index >= 15 is 0 Å². The number of hydrogen-bond donors (Lipinski definition) is 3. The lowest BCUT2D eigenvalue weighted by Crippen LogP contribution is -2.58. The van der Waals surface area contributed by atoms with Gasteiger partial charge in [-0.1, -0.05) is 13.8 Å². The highest BCUT2D eigenvalue weighted by Gasteiger charge is 2.43. The summed E-state index contributed by atoms with van der Waals surface area (Å²) in [6.45, 7) is 3.99. The maximum absolute atomic E-state index is 9.68. The van der Waals surface area contributed by atoms with E-state index in [-0.39, 0.29) is 0 Å². The predicted molar refractivity (Wildman–Crippen MR) is 53.1 cm³/mol. The van der Waals surface area contributed by atoms with Crippen molar-refractivity contribution >= 4 is 0 Å². The van der Waals surface area contributed by atoms with Crippen LogP contribution in [0.4, 0.5) is 0 Å². The fourth-order valence-electron chi connectivity index (χ4n) is 1.77. The Bertz CT molecular complexity index is 194. The van der Waals surface area contributed by atoms with Gasteiger partial charge in [0, 0.05) is 7.11 Å². The molecule has 0 bridgehead atoms. The topological polar surface area (TPSA) is 79.2 Å². The lowest BCUT2D eigenvalue weighted by atomic mass is 9.93. The summed E-state index contributed by atoms with van der Waals surface area (Å²) in [6, 6.07) is 0. The fourth-order valence-corrected chi connectivity index (χ4v) is 1.77. The summed E-state index contributed by atoms with van der Waals surface area (Å²) in [7, 11) is 1.39. The molecule has 1 rings (SSSR count). The molecule has 1 saturated heterocycles. The second kappa shape index (κ2) is 5.23. The van der Waals surface area contributed by atoms with E-state index in [9.17, 15) is 15.3 Å². The van der Waals surface area contributed by atoms with Crippen molar-refractivity contribution in [2.24, 2.45) is 5.92 Å². The fraction of sp³-hybridized carbons (Fsp3) is 1.00. The molecule has 0 aromatic carbocycles. The molecule has 0 radical (unpaired) electrons. The first-order chi connectivity index (χ1) is 6.97. The monoisotopic (exact) mass is 220 g/mol. The van der Waals surface area contributed by atoms with E-state index in [1.165, 1.54) is 7.11 Å². The Labute approximate surface area is 89.6 Å². The van der Waals surface area contributed by atoms with Crippen LogP contribution in [0.1, 0.15) is 20.3 Å². The Kier molecular flexibility index (Phi) is 4.48. The Morgan fingerprint density at radius 2 is 1.73 bits per heavy atom. The molecule has 5 heteroatoms. The van der Waals surface area contributed by atoms with Gasteiger partial charge in [0.1, 0.15) is 18.3 Å². The summed E-state index contributed by atoms with van der Waals surface area (Å²) < 4.78 is 10.2. The summed E-state index contributed by atoms with van der Waals surface area (Å²) in [5, 5.41) is 28.8. The third-order valence-electron chi connectivity index (χ3n) is 2.60. The van der Waals surface area contributed by atoms with E-state index in [1.54, 1.807) is 0 Å². The van der Waals surface area contributed by atoms with Gasteiger partial charge in [-0.05, 0) is 12.3 Å². The zero-order chi connectivity index (χ0) is 11.6. The molecule has 1 aliphatic rings. The molecule has 15 heavy (non-hydrogen) atoms. The van der Waals surface area contributed by atoms with E-state index in [2.05, 4.69) is 0 Å². The first kappa shape index (κ1) is 12.9. The van der Waals surface area contributed by atoms with Gasteiger partial charge in [-0.25, -0.2) is 0 Å². The van der Waals surface area contributed by atoms with E-state index in [0.29, 0.717) is 12.3 Å². The predicted octanol–water partition coefficient (Wildman–Crippen LogP) is -0.514. The normalized spacial score (nSPS) is 42.2. The lowest BCUT2D eigenvalue weighted by molar-refractivity contribution is -0.291. The molecule has 90 valence electrons. The number of aliphatic hydroxyl groups excluding tert-OH is 3. The molecule has 5 unspecified atom stereocenters. The Morgan fingerprint density at radius 3 is 2.20 bits per heavy atom. The van der Waals surface area contributed by atoms with Crippen LogP contribution in [0.2, 0.25) is 0 Å². The van der Waals surface area contributed by atoms with Gasteiger partial charge >= 0.3 is 0 Å². The Morgan fingerprint density at radius 1 is 1.13 bits per heavy atom. The van der Waals surface area contributed by atoms with E-state index in [4.69, 9.17) is 9.47 Å². The molecule has 1 aliphatic heterocycles. The van der Waals surface area contributed by atoms with Crippen molar-refractivity contribution in [1.29, 1.82) is 0 Å². The summed E-state index contributed by atoms with van der Waals surface area (Å²) in [5.74, 6) is 0.338. The average molecular weight is 220 g/mol. The van der Waals surface area contributed by atoms with Crippen LogP contribution in [0, 0.1) is 5.92 Å². The van der Waals surface area contributed by atoms with Crippen LogP contribution in [0.5, 0.6) is 0 Å². The quantitative estimate of drug-likeness (QED) is 0.597. The van der Waals surface area contributed by atoms with Crippen molar-refractivity contribution in [1.82, 2.24) is 0 Å². The van der Waals surface area contributed by atoms with Gasteiger partial charge in [-0.3, -0.25) is 0 Å². The van der Waals surface area contributed by atoms with Crippen LogP contribution in [0.3, 0.4) is 0 Å². The van der Waals surface area contributed by atoms with Gasteiger partial charge in [0.25, 0.3) is 0 Å². The van der Waals surface area contributed by atoms with Gasteiger partial charge in [-0.15, -0.1) is 0 Å². The highest BCUT2D eigenvalue weighted by Crippen LogP contribution is 2.25. The van der Waals surface area contributed by atoms with E-state index in [1.807, 2.05) is 13.8 Å². The molecule has 5 atom stereocenters. The number of rotatable bonds is 3. The van der Waals surface area contributed by atoms with Crippen molar-refractivity contribution in [3.8, 4) is 0 Å². The van der Waals surface area contributed by atoms with Gasteiger partial charge in [0.05, 0.1) is 6.10 Å². The van der Waals surface area contributed by atoms with Crippen LogP contribution in [-0.4, -0.2) is 53.1 Å². The third-order valence-corrected chi connectivity index (χ3v) is 2.60.